The highest BCUT2D eigenvalue weighted by molar-refractivity contribution is 14.1. The molecule has 0 saturated carbocycles. The van der Waals surface area contributed by atoms with Crippen LogP contribution >= 0.6 is 45.8 Å². The normalized spacial score (nSPS) is 11.2. The van der Waals surface area contributed by atoms with Crippen LogP contribution in [0.5, 0.6) is 0 Å². The minimum Gasteiger partial charge on any atom is -0.303 e. The van der Waals surface area contributed by atoms with Gasteiger partial charge in [-0.2, -0.15) is 0 Å². The molecule has 0 radical (unpaired) electrons. The molecular formula is C16H15Cl2IO. The van der Waals surface area contributed by atoms with Crippen LogP contribution in [-0.2, 0) is 4.79 Å². The van der Waals surface area contributed by atoms with Crippen molar-refractivity contribution < 1.29 is 4.79 Å². The van der Waals surface area contributed by atoms with Crippen molar-refractivity contribution in [2.24, 2.45) is 0 Å². The molecule has 0 aliphatic rings. The Kier molecular flexibility index (Phi) is 8.19. The number of rotatable bonds is 3. The van der Waals surface area contributed by atoms with Gasteiger partial charge >= 0.3 is 0 Å². The van der Waals surface area contributed by atoms with Crippen LogP contribution in [0.1, 0.15) is 24.8 Å². The summed E-state index contributed by atoms with van der Waals surface area (Å²) in [7, 11) is 0. The van der Waals surface area contributed by atoms with Crippen LogP contribution < -0.4 is 0 Å². The Morgan fingerprint density at radius 1 is 1.10 bits per heavy atom. The van der Waals surface area contributed by atoms with Gasteiger partial charge in [-0.25, -0.2) is 0 Å². The standard InChI is InChI=1S/C10H11ClO.C6H4ClI/c1-8(5-6-12)9-3-2-4-10(11)7-9;7-5-2-1-3-6(8)4-5/h2-4,6-8H,5H2,1H3;1-4H. The van der Waals surface area contributed by atoms with Crippen molar-refractivity contribution in [1.82, 2.24) is 0 Å². The van der Waals surface area contributed by atoms with Crippen LogP contribution in [0.3, 0.4) is 0 Å². The van der Waals surface area contributed by atoms with Gasteiger partial charge in [-0.3, -0.25) is 0 Å². The zero-order valence-corrected chi connectivity index (χ0v) is 14.7. The first-order valence-corrected chi connectivity index (χ1v) is 7.96. The molecule has 106 valence electrons. The van der Waals surface area contributed by atoms with Crippen LogP contribution in [0.2, 0.25) is 10.0 Å². The molecule has 4 heteroatoms. The molecule has 0 fully saturated rings. The van der Waals surface area contributed by atoms with E-state index in [9.17, 15) is 4.79 Å². The summed E-state index contributed by atoms with van der Waals surface area (Å²) < 4.78 is 1.18. The second-order valence-corrected chi connectivity index (χ2v) is 6.42. The van der Waals surface area contributed by atoms with Gasteiger partial charge in [-0.15, -0.1) is 0 Å². The number of halogens is 3. The zero-order chi connectivity index (χ0) is 15.0. The fourth-order valence-electron chi connectivity index (χ4n) is 1.55. The van der Waals surface area contributed by atoms with E-state index in [1.807, 2.05) is 55.5 Å². The Hall–Kier alpha value is -0.580. The maximum absolute atomic E-state index is 10.2. The fraction of sp³-hybridized carbons (Fsp3) is 0.188. The lowest BCUT2D eigenvalue weighted by Crippen LogP contribution is -1.93. The molecule has 0 aromatic heterocycles. The highest BCUT2D eigenvalue weighted by Crippen LogP contribution is 2.20. The molecular weight excluding hydrogens is 406 g/mol. The molecule has 1 nitrogen and oxygen atoms in total. The van der Waals surface area contributed by atoms with Crippen LogP contribution in [0.25, 0.3) is 0 Å². The molecule has 0 amide bonds. The first-order chi connectivity index (χ1) is 9.52. The maximum atomic E-state index is 10.2. The van der Waals surface area contributed by atoms with E-state index >= 15 is 0 Å². The minimum absolute atomic E-state index is 0.265. The molecule has 2 aromatic carbocycles. The molecule has 0 bridgehead atoms. The van der Waals surface area contributed by atoms with Crippen molar-refractivity contribution in [3.63, 3.8) is 0 Å². The molecule has 0 N–H and O–H groups in total. The molecule has 0 aliphatic carbocycles. The molecule has 2 aromatic rings. The Balaban J connectivity index is 0.000000217. The summed E-state index contributed by atoms with van der Waals surface area (Å²) in [5.41, 5.74) is 1.12. The lowest BCUT2D eigenvalue weighted by Gasteiger charge is -2.07. The summed E-state index contributed by atoms with van der Waals surface area (Å²) in [5, 5.41) is 1.53. The van der Waals surface area contributed by atoms with Crippen LogP contribution in [0.4, 0.5) is 0 Å². The van der Waals surface area contributed by atoms with Gasteiger partial charge in [0.25, 0.3) is 0 Å². The zero-order valence-electron chi connectivity index (χ0n) is 11.0. The monoisotopic (exact) mass is 420 g/mol. The number of hydrogen-bond donors (Lipinski definition) is 0. The highest BCUT2D eigenvalue weighted by atomic mass is 127. The average molecular weight is 421 g/mol. The van der Waals surface area contributed by atoms with Crippen LogP contribution in [0, 0.1) is 3.57 Å². The van der Waals surface area contributed by atoms with Crippen molar-refractivity contribution >= 4 is 52.1 Å². The van der Waals surface area contributed by atoms with E-state index in [1.165, 1.54) is 3.57 Å². The number of carbonyl (C=O) groups excluding carboxylic acids is 1. The number of carbonyl (C=O) groups is 1. The predicted octanol–water partition coefficient (Wildman–Crippen LogP) is 5.98. The van der Waals surface area contributed by atoms with Gasteiger partial charge in [0, 0.05) is 20.0 Å². The molecule has 1 atom stereocenters. The third kappa shape index (κ3) is 6.73. The van der Waals surface area contributed by atoms with E-state index in [1.54, 1.807) is 0 Å². The summed E-state index contributed by atoms with van der Waals surface area (Å²) in [6, 6.07) is 15.3. The molecule has 20 heavy (non-hydrogen) atoms. The van der Waals surface area contributed by atoms with Crippen molar-refractivity contribution in [2.45, 2.75) is 19.3 Å². The smallest absolute Gasteiger partial charge is 0.120 e. The van der Waals surface area contributed by atoms with E-state index in [0.717, 1.165) is 21.9 Å². The van der Waals surface area contributed by atoms with Gasteiger partial charge in [0.1, 0.15) is 6.29 Å². The quantitative estimate of drug-likeness (QED) is 0.441. The Bertz CT molecular complexity index is 540. The summed E-state index contributed by atoms with van der Waals surface area (Å²) >= 11 is 13.7. The molecule has 0 aliphatic heterocycles. The third-order valence-electron chi connectivity index (χ3n) is 2.65. The lowest BCUT2D eigenvalue weighted by atomic mass is 9.99. The van der Waals surface area contributed by atoms with Crippen LogP contribution in [-0.4, -0.2) is 6.29 Å². The summed E-state index contributed by atoms with van der Waals surface area (Å²) in [5.74, 6) is 0.265. The van der Waals surface area contributed by atoms with Crippen molar-refractivity contribution in [3.05, 3.63) is 67.7 Å². The van der Waals surface area contributed by atoms with E-state index in [4.69, 9.17) is 23.2 Å². The summed E-state index contributed by atoms with van der Waals surface area (Å²) in [6.07, 6.45) is 1.49. The highest BCUT2D eigenvalue weighted by Gasteiger charge is 2.03. The summed E-state index contributed by atoms with van der Waals surface area (Å²) in [6.45, 7) is 2.01. The van der Waals surface area contributed by atoms with E-state index in [2.05, 4.69) is 22.6 Å². The average Bonchev–Trinajstić information content (AvgIpc) is 2.39. The van der Waals surface area contributed by atoms with Crippen LogP contribution in [0.15, 0.2) is 48.5 Å². The van der Waals surface area contributed by atoms with Crippen molar-refractivity contribution in [1.29, 1.82) is 0 Å². The van der Waals surface area contributed by atoms with E-state index < -0.39 is 0 Å². The van der Waals surface area contributed by atoms with Crippen molar-refractivity contribution in [3.8, 4) is 0 Å². The van der Waals surface area contributed by atoms with Gasteiger partial charge in [-0.05, 0) is 64.4 Å². The third-order valence-corrected chi connectivity index (χ3v) is 3.80. The summed E-state index contributed by atoms with van der Waals surface area (Å²) in [4.78, 5) is 10.2. The molecule has 0 saturated heterocycles. The van der Waals surface area contributed by atoms with Gasteiger partial charge in [0.15, 0.2) is 0 Å². The number of hydrogen-bond acceptors (Lipinski definition) is 1. The molecule has 1 unspecified atom stereocenters. The topological polar surface area (TPSA) is 17.1 Å². The van der Waals surface area contributed by atoms with Gasteiger partial charge in [0.2, 0.25) is 0 Å². The van der Waals surface area contributed by atoms with Gasteiger partial charge < -0.3 is 4.79 Å². The molecule has 0 heterocycles. The first kappa shape index (κ1) is 17.5. The molecule has 2 rings (SSSR count). The fourth-order valence-corrected chi connectivity index (χ4v) is 2.67. The second kappa shape index (κ2) is 9.37. The van der Waals surface area contributed by atoms with E-state index in [-0.39, 0.29) is 5.92 Å². The SMILES string of the molecule is CC(CC=O)c1cccc(Cl)c1.Clc1cccc(I)c1. The predicted molar refractivity (Wildman–Crippen MR) is 94.7 cm³/mol. The first-order valence-electron chi connectivity index (χ1n) is 6.13. The maximum Gasteiger partial charge on any atom is 0.120 e. The largest absolute Gasteiger partial charge is 0.303 e. The van der Waals surface area contributed by atoms with Gasteiger partial charge in [-0.1, -0.05) is 48.3 Å². The van der Waals surface area contributed by atoms with Crippen molar-refractivity contribution in [2.75, 3.05) is 0 Å². The number of benzene rings is 2. The second-order valence-electron chi connectivity index (χ2n) is 4.30. The Morgan fingerprint density at radius 2 is 1.70 bits per heavy atom. The Labute approximate surface area is 143 Å². The number of aldehydes is 1. The lowest BCUT2D eigenvalue weighted by molar-refractivity contribution is -0.108. The van der Waals surface area contributed by atoms with Gasteiger partial charge in [0.05, 0.1) is 0 Å². The van der Waals surface area contributed by atoms with E-state index in [0.29, 0.717) is 6.42 Å². The molecule has 0 spiro atoms. The Morgan fingerprint density at radius 3 is 2.15 bits per heavy atom. The minimum atomic E-state index is 0.265.